The highest BCUT2D eigenvalue weighted by Gasteiger charge is 2.25. The zero-order chi connectivity index (χ0) is 14.7. The van der Waals surface area contributed by atoms with E-state index in [-0.39, 0.29) is 11.9 Å². The second-order valence-electron chi connectivity index (χ2n) is 5.31. The second-order valence-corrected chi connectivity index (χ2v) is 6.29. The number of amides is 1. The fourth-order valence-corrected chi connectivity index (χ4v) is 3.56. The molecule has 1 N–H and O–H groups in total. The molecule has 5 nitrogen and oxygen atoms in total. The van der Waals surface area contributed by atoms with E-state index in [2.05, 4.69) is 32.9 Å². The first kappa shape index (κ1) is 14.3. The normalized spacial score (nSPS) is 17.0. The van der Waals surface area contributed by atoms with Crippen LogP contribution in [0.5, 0.6) is 0 Å². The van der Waals surface area contributed by atoms with Crippen LogP contribution in [0.25, 0.3) is 0 Å². The number of hydrogen-bond acceptors (Lipinski definition) is 5. The smallest absolute Gasteiger partial charge is 0.273 e. The Morgan fingerprint density at radius 3 is 2.95 bits per heavy atom. The van der Waals surface area contributed by atoms with Gasteiger partial charge >= 0.3 is 0 Å². The molecule has 21 heavy (non-hydrogen) atoms. The van der Waals surface area contributed by atoms with Crippen LogP contribution in [0.3, 0.4) is 0 Å². The Morgan fingerprint density at radius 2 is 2.33 bits per heavy atom. The molecule has 0 spiro atoms. The second kappa shape index (κ2) is 6.41. The van der Waals surface area contributed by atoms with Gasteiger partial charge in [0, 0.05) is 17.5 Å². The van der Waals surface area contributed by atoms with Crippen molar-refractivity contribution >= 4 is 17.2 Å². The average Bonchev–Trinajstić information content (AvgIpc) is 3.21. The lowest BCUT2D eigenvalue weighted by molar-refractivity contribution is 0.0929. The van der Waals surface area contributed by atoms with Crippen LogP contribution in [0, 0.1) is 6.92 Å². The lowest BCUT2D eigenvalue weighted by atomic mass is 10.2. The number of hydrogen-bond donors (Lipinski definition) is 1. The number of rotatable bonds is 5. The number of thiophene rings is 1. The molecule has 6 heteroatoms. The van der Waals surface area contributed by atoms with Crippen LogP contribution in [0.1, 0.15) is 40.0 Å². The highest BCUT2D eigenvalue weighted by molar-refractivity contribution is 7.10. The van der Waals surface area contributed by atoms with Crippen LogP contribution in [0.15, 0.2) is 28.1 Å². The summed E-state index contributed by atoms with van der Waals surface area (Å²) in [4.78, 5) is 15.8. The van der Waals surface area contributed by atoms with Gasteiger partial charge in [0.25, 0.3) is 5.91 Å². The summed E-state index contributed by atoms with van der Waals surface area (Å²) in [6.07, 6.45) is 2.47. The molecule has 1 saturated heterocycles. The van der Waals surface area contributed by atoms with E-state index < -0.39 is 0 Å². The van der Waals surface area contributed by atoms with E-state index in [1.807, 2.05) is 0 Å². The molecule has 3 heterocycles. The van der Waals surface area contributed by atoms with Gasteiger partial charge in [-0.2, -0.15) is 0 Å². The van der Waals surface area contributed by atoms with E-state index in [4.69, 9.17) is 4.52 Å². The van der Waals surface area contributed by atoms with Crippen LogP contribution in [-0.2, 0) is 0 Å². The highest BCUT2D eigenvalue weighted by atomic mass is 32.1. The minimum atomic E-state index is -0.174. The highest BCUT2D eigenvalue weighted by Crippen LogP contribution is 2.27. The van der Waals surface area contributed by atoms with Gasteiger partial charge in [-0.25, -0.2) is 0 Å². The maximum atomic E-state index is 12.1. The van der Waals surface area contributed by atoms with Gasteiger partial charge in [0.2, 0.25) is 0 Å². The number of nitrogens with zero attached hydrogens (tertiary/aromatic N) is 2. The predicted molar refractivity (Wildman–Crippen MR) is 81.4 cm³/mol. The molecule has 3 rings (SSSR count). The van der Waals surface area contributed by atoms with E-state index in [0.717, 1.165) is 13.1 Å². The predicted octanol–water partition coefficient (Wildman–Crippen LogP) is 2.61. The van der Waals surface area contributed by atoms with Crippen LogP contribution in [-0.4, -0.2) is 35.6 Å². The summed E-state index contributed by atoms with van der Waals surface area (Å²) in [5.74, 6) is 0.474. The summed E-state index contributed by atoms with van der Waals surface area (Å²) >= 11 is 1.74. The van der Waals surface area contributed by atoms with Gasteiger partial charge in [0.15, 0.2) is 5.69 Å². The molecular formula is C15H19N3O2S. The third-order valence-corrected chi connectivity index (χ3v) is 4.74. The summed E-state index contributed by atoms with van der Waals surface area (Å²) in [6.45, 7) is 4.58. The third kappa shape index (κ3) is 3.33. The van der Waals surface area contributed by atoms with E-state index in [1.54, 1.807) is 24.3 Å². The van der Waals surface area contributed by atoms with Gasteiger partial charge in [-0.15, -0.1) is 11.3 Å². The molecular weight excluding hydrogens is 286 g/mol. The van der Waals surface area contributed by atoms with Crippen LogP contribution in [0.4, 0.5) is 0 Å². The fourth-order valence-electron chi connectivity index (χ4n) is 2.70. The monoisotopic (exact) mass is 305 g/mol. The maximum Gasteiger partial charge on any atom is 0.273 e. The lowest BCUT2D eigenvalue weighted by Crippen LogP contribution is -2.36. The molecule has 0 saturated carbocycles. The molecule has 2 aromatic rings. The Kier molecular flexibility index (Phi) is 4.36. The van der Waals surface area contributed by atoms with Gasteiger partial charge in [0.05, 0.1) is 6.04 Å². The van der Waals surface area contributed by atoms with Crippen LogP contribution in [0.2, 0.25) is 0 Å². The number of likely N-dealkylation sites (tertiary alicyclic amines) is 1. The zero-order valence-corrected chi connectivity index (χ0v) is 12.9. The first-order chi connectivity index (χ1) is 10.2. The van der Waals surface area contributed by atoms with Crippen LogP contribution < -0.4 is 5.32 Å². The van der Waals surface area contributed by atoms with Crippen molar-refractivity contribution in [1.82, 2.24) is 15.4 Å². The molecule has 2 aromatic heterocycles. The van der Waals surface area contributed by atoms with E-state index in [0.29, 0.717) is 18.0 Å². The van der Waals surface area contributed by atoms with Crippen LogP contribution >= 0.6 is 11.3 Å². The SMILES string of the molecule is Cc1cc(C(=O)NC[C@H](c2cccs2)N2CCCC2)no1. The van der Waals surface area contributed by atoms with Gasteiger partial charge < -0.3 is 9.84 Å². The summed E-state index contributed by atoms with van der Waals surface area (Å²) < 4.78 is 4.95. The van der Waals surface area contributed by atoms with Gasteiger partial charge in [0.1, 0.15) is 5.76 Å². The fraction of sp³-hybridized carbons (Fsp3) is 0.467. The molecule has 1 aliphatic rings. The standard InChI is InChI=1S/C15H19N3O2S/c1-11-9-12(17-20-11)15(19)16-10-13(14-5-4-8-21-14)18-6-2-3-7-18/h4-5,8-9,13H,2-3,6-7,10H2,1H3,(H,16,19)/t13-/m1/s1. The molecule has 1 fully saturated rings. The summed E-state index contributed by atoms with van der Waals surface area (Å²) in [5.41, 5.74) is 0.346. The number of nitrogens with one attached hydrogen (secondary N) is 1. The van der Waals surface area contributed by atoms with E-state index >= 15 is 0 Å². The molecule has 0 aromatic carbocycles. The van der Waals surface area contributed by atoms with E-state index in [9.17, 15) is 4.79 Å². The Morgan fingerprint density at radius 1 is 1.52 bits per heavy atom. The first-order valence-electron chi connectivity index (χ1n) is 7.23. The Balaban J connectivity index is 1.66. The zero-order valence-electron chi connectivity index (χ0n) is 12.0. The minimum absolute atomic E-state index is 0.174. The summed E-state index contributed by atoms with van der Waals surface area (Å²) in [7, 11) is 0. The number of carbonyl (C=O) groups is 1. The average molecular weight is 305 g/mol. The van der Waals surface area contributed by atoms with Crippen molar-refractivity contribution in [2.75, 3.05) is 19.6 Å². The molecule has 0 bridgehead atoms. The van der Waals surface area contributed by atoms with Gasteiger partial charge in [-0.05, 0) is 44.3 Å². The Hall–Kier alpha value is -1.66. The van der Waals surface area contributed by atoms with Crippen molar-refractivity contribution < 1.29 is 9.32 Å². The number of carbonyl (C=O) groups excluding carboxylic acids is 1. The molecule has 1 atom stereocenters. The van der Waals surface area contributed by atoms with Crippen molar-refractivity contribution in [2.45, 2.75) is 25.8 Å². The largest absolute Gasteiger partial charge is 0.361 e. The molecule has 0 unspecified atom stereocenters. The number of aryl methyl sites for hydroxylation is 1. The van der Waals surface area contributed by atoms with Crippen molar-refractivity contribution in [3.05, 3.63) is 39.9 Å². The minimum Gasteiger partial charge on any atom is -0.361 e. The third-order valence-electron chi connectivity index (χ3n) is 3.77. The maximum absolute atomic E-state index is 12.1. The first-order valence-corrected chi connectivity index (χ1v) is 8.11. The molecule has 1 aliphatic heterocycles. The topological polar surface area (TPSA) is 58.4 Å². The summed E-state index contributed by atoms with van der Waals surface area (Å²) in [6, 6.07) is 6.11. The Labute approximate surface area is 127 Å². The summed E-state index contributed by atoms with van der Waals surface area (Å²) in [5, 5.41) is 8.82. The molecule has 0 radical (unpaired) electrons. The van der Waals surface area contributed by atoms with E-state index in [1.165, 1.54) is 17.7 Å². The van der Waals surface area contributed by atoms with Crippen molar-refractivity contribution in [3.63, 3.8) is 0 Å². The molecule has 0 aliphatic carbocycles. The van der Waals surface area contributed by atoms with Gasteiger partial charge in [-0.1, -0.05) is 11.2 Å². The van der Waals surface area contributed by atoms with Crippen molar-refractivity contribution in [3.8, 4) is 0 Å². The Bertz CT molecular complexity index is 588. The molecule has 1 amide bonds. The quantitative estimate of drug-likeness (QED) is 0.922. The van der Waals surface area contributed by atoms with Crippen molar-refractivity contribution in [1.29, 1.82) is 0 Å². The van der Waals surface area contributed by atoms with Gasteiger partial charge in [-0.3, -0.25) is 9.69 Å². The number of aromatic nitrogens is 1. The van der Waals surface area contributed by atoms with Crippen molar-refractivity contribution in [2.24, 2.45) is 0 Å². The molecule has 112 valence electrons. The lowest BCUT2D eigenvalue weighted by Gasteiger charge is -2.26.